The van der Waals surface area contributed by atoms with Crippen molar-refractivity contribution in [3.8, 4) is 11.5 Å². The summed E-state index contributed by atoms with van der Waals surface area (Å²) in [4.78, 5) is 45.6. The maximum Gasteiger partial charge on any atom is 0.330 e. The number of urea groups is 1. The minimum absolute atomic E-state index is 0.0804. The first kappa shape index (κ1) is 28.5. The van der Waals surface area contributed by atoms with E-state index in [-0.39, 0.29) is 46.8 Å². The van der Waals surface area contributed by atoms with Crippen LogP contribution in [0.1, 0.15) is 36.9 Å². The first-order chi connectivity index (χ1) is 19.8. The molecule has 2 atom stereocenters. The Labute approximate surface area is 247 Å². The van der Waals surface area contributed by atoms with E-state index in [1.807, 2.05) is 0 Å². The van der Waals surface area contributed by atoms with Crippen LogP contribution in [0, 0.1) is 0 Å². The first-order valence-corrected chi connectivity index (χ1v) is 13.8. The van der Waals surface area contributed by atoms with Crippen molar-refractivity contribution in [2.24, 2.45) is 0 Å². The Hall–Kier alpha value is -4.03. The molecule has 1 fully saturated rings. The van der Waals surface area contributed by atoms with Crippen molar-refractivity contribution < 1.29 is 19.1 Å². The van der Waals surface area contributed by atoms with Crippen LogP contribution >= 0.6 is 23.2 Å². The standard InChI is InChI=1S/C27H30Cl2N8O4/c1-4-21(38)33-17-7-5-6-8-18(17)34-26-31-10-15-12-36(24-22(28)19(40-2)9-20(41-3)23(24)29)27(39)37(25(15)35-26)13-16-11-30-14-32-16/h4,9-11,14,17-18H,1,5-8,12-13H2,2-3H3,(H,30,32)(H,33,38)(H,31,34,35). The number of carbonyl (C=O) groups is 2. The lowest BCUT2D eigenvalue weighted by molar-refractivity contribution is -0.117. The van der Waals surface area contributed by atoms with Crippen LogP contribution in [0.5, 0.6) is 11.5 Å². The van der Waals surface area contributed by atoms with Crippen LogP contribution < -0.4 is 29.9 Å². The van der Waals surface area contributed by atoms with E-state index in [0.717, 1.165) is 25.7 Å². The van der Waals surface area contributed by atoms with Crippen LogP contribution in [0.4, 0.5) is 22.2 Å². The zero-order valence-electron chi connectivity index (χ0n) is 22.6. The van der Waals surface area contributed by atoms with Gasteiger partial charge in [0, 0.05) is 36.1 Å². The van der Waals surface area contributed by atoms with Gasteiger partial charge in [-0.05, 0) is 18.9 Å². The molecule has 1 aliphatic carbocycles. The summed E-state index contributed by atoms with van der Waals surface area (Å²) in [6.07, 6.45) is 9.85. The molecule has 1 saturated carbocycles. The Morgan fingerprint density at radius 2 is 1.88 bits per heavy atom. The summed E-state index contributed by atoms with van der Waals surface area (Å²) in [5, 5.41) is 6.70. The van der Waals surface area contributed by atoms with Crippen molar-refractivity contribution >= 4 is 52.6 Å². The fraction of sp³-hybridized carbons (Fsp3) is 0.370. The third-order valence-corrected chi connectivity index (χ3v) is 7.91. The minimum atomic E-state index is -0.418. The number of methoxy groups -OCH3 is 2. The van der Waals surface area contributed by atoms with Crippen LogP contribution in [-0.2, 0) is 17.9 Å². The zero-order chi connectivity index (χ0) is 29.1. The predicted octanol–water partition coefficient (Wildman–Crippen LogP) is 4.70. The number of rotatable bonds is 9. The molecule has 0 bridgehead atoms. The Morgan fingerprint density at radius 1 is 1.17 bits per heavy atom. The average molecular weight is 601 g/mol. The number of imidazole rings is 1. The molecule has 3 amide bonds. The monoisotopic (exact) mass is 600 g/mol. The van der Waals surface area contributed by atoms with Crippen LogP contribution in [-0.4, -0.2) is 58.2 Å². The van der Waals surface area contributed by atoms with E-state index in [9.17, 15) is 9.59 Å². The van der Waals surface area contributed by atoms with Crippen molar-refractivity contribution in [2.75, 3.05) is 29.3 Å². The SMILES string of the molecule is C=CC(=O)NC1CCCCC1Nc1ncc2c(n1)N(Cc1c[nH]cn1)C(=O)N(c1c(Cl)c(OC)cc(OC)c1Cl)C2. The average Bonchev–Trinajstić information content (AvgIpc) is 3.50. The second kappa shape index (κ2) is 12.2. The number of hydrogen-bond donors (Lipinski definition) is 3. The molecule has 1 aliphatic heterocycles. The summed E-state index contributed by atoms with van der Waals surface area (Å²) in [5.41, 5.74) is 1.54. The number of ether oxygens (including phenoxy) is 2. The van der Waals surface area contributed by atoms with Gasteiger partial charge in [0.15, 0.2) is 0 Å². The molecule has 2 unspecified atom stereocenters. The lowest BCUT2D eigenvalue weighted by Gasteiger charge is -2.37. The van der Waals surface area contributed by atoms with Gasteiger partial charge in [-0.15, -0.1) is 0 Å². The fourth-order valence-corrected chi connectivity index (χ4v) is 5.84. The lowest BCUT2D eigenvalue weighted by atomic mass is 9.90. The number of nitrogens with one attached hydrogen (secondary N) is 3. The van der Waals surface area contributed by atoms with Crippen molar-refractivity contribution in [2.45, 2.75) is 50.9 Å². The van der Waals surface area contributed by atoms with Gasteiger partial charge >= 0.3 is 6.03 Å². The molecule has 0 saturated heterocycles. The van der Waals surface area contributed by atoms with Crippen molar-refractivity contribution in [1.82, 2.24) is 25.3 Å². The number of aromatic nitrogens is 4. The van der Waals surface area contributed by atoms with E-state index in [0.29, 0.717) is 34.5 Å². The smallest absolute Gasteiger partial charge is 0.330 e. The second-order valence-electron chi connectivity index (χ2n) is 9.67. The van der Waals surface area contributed by atoms with Crippen LogP contribution in [0.25, 0.3) is 0 Å². The number of hydrogen-bond acceptors (Lipinski definition) is 8. The van der Waals surface area contributed by atoms with Gasteiger partial charge in [0.1, 0.15) is 27.4 Å². The highest BCUT2D eigenvalue weighted by molar-refractivity contribution is 6.42. The molecule has 0 spiro atoms. The summed E-state index contributed by atoms with van der Waals surface area (Å²) in [6, 6.07) is 0.967. The first-order valence-electron chi connectivity index (χ1n) is 13.1. The Kier molecular flexibility index (Phi) is 8.50. The summed E-state index contributed by atoms with van der Waals surface area (Å²) in [7, 11) is 2.94. The fourth-order valence-electron chi connectivity index (χ4n) is 5.14. The van der Waals surface area contributed by atoms with Gasteiger partial charge in [0.2, 0.25) is 11.9 Å². The molecular formula is C27H30Cl2N8O4. The number of fused-ring (bicyclic) bond motifs is 1. The van der Waals surface area contributed by atoms with E-state index >= 15 is 0 Å². The van der Waals surface area contributed by atoms with E-state index in [1.165, 1.54) is 36.4 Å². The highest BCUT2D eigenvalue weighted by Crippen LogP contribution is 2.48. The topological polar surface area (TPSA) is 138 Å². The third kappa shape index (κ3) is 5.75. The Bertz CT molecular complexity index is 1420. The predicted molar refractivity (Wildman–Crippen MR) is 156 cm³/mol. The third-order valence-electron chi connectivity index (χ3n) is 7.18. The van der Waals surface area contributed by atoms with Crippen LogP contribution in [0.3, 0.4) is 0 Å². The number of amides is 3. The van der Waals surface area contributed by atoms with Gasteiger partial charge in [-0.25, -0.2) is 14.8 Å². The summed E-state index contributed by atoms with van der Waals surface area (Å²) >= 11 is 13.4. The molecule has 2 aromatic heterocycles. The maximum absolute atomic E-state index is 14.1. The van der Waals surface area contributed by atoms with Crippen molar-refractivity contribution in [3.63, 3.8) is 0 Å². The van der Waals surface area contributed by atoms with E-state index in [2.05, 4.69) is 32.2 Å². The molecule has 2 aliphatic rings. The zero-order valence-corrected chi connectivity index (χ0v) is 24.1. The van der Waals surface area contributed by atoms with Gasteiger partial charge in [0.05, 0.1) is 45.0 Å². The van der Waals surface area contributed by atoms with Crippen LogP contribution in [0.2, 0.25) is 10.0 Å². The summed E-state index contributed by atoms with van der Waals surface area (Å²) in [5.74, 6) is 1.16. The highest BCUT2D eigenvalue weighted by atomic mass is 35.5. The summed E-state index contributed by atoms with van der Waals surface area (Å²) < 4.78 is 10.8. The molecule has 216 valence electrons. The molecule has 0 radical (unpaired) electrons. The number of H-pyrrole nitrogens is 1. The van der Waals surface area contributed by atoms with E-state index in [4.69, 9.17) is 37.7 Å². The Morgan fingerprint density at radius 3 is 2.51 bits per heavy atom. The van der Waals surface area contributed by atoms with Crippen molar-refractivity contribution in [1.29, 1.82) is 0 Å². The van der Waals surface area contributed by atoms with Gasteiger partial charge in [0.25, 0.3) is 0 Å². The van der Waals surface area contributed by atoms with Gasteiger partial charge in [-0.3, -0.25) is 14.6 Å². The van der Waals surface area contributed by atoms with Gasteiger partial charge in [-0.2, -0.15) is 4.98 Å². The number of aromatic amines is 1. The van der Waals surface area contributed by atoms with E-state index < -0.39 is 6.03 Å². The molecule has 5 rings (SSSR count). The molecule has 41 heavy (non-hydrogen) atoms. The van der Waals surface area contributed by atoms with Gasteiger partial charge in [-0.1, -0.05) is 42.6 Å². The molecule has 14 heteroatoms. The number of nitrogens with zero attached hydrogens (tertiary/aromatic N) is 5. The molecule has 1 aromatic carbocycles. The normalized spacial score (nSPS) is 18.5. The van der Waals surface area contributed by atoms with E-state index in [1.54, 1.807) is 18.5 Å². The highest BCUT2D eigenvalue weighted by Gasteiger charge is 2.37. The Balaban J connectivity index is 1.52. The number of benzene rings is 1. The molecule has 3 aromatic rings. The molecule has 3 heterocycles. The molecular weight excluding hydrogens is 571 g/mol. The number of carbonyl (C=O) groups excluding carboxylic acids is 2. The molecule has 12 nitrogen and oxygen atoms in total. The summed E-state index contributed by atoms with van der Waals surface area (Å²) in [6.45, 7) is 3.78. The van der Waals surface area contributed by atoms with Gasteiger partial charge < -0.3 is 25.1 Å². The quantitative estimate of drug-likeness (QED) is 0.301. The number of halogens is 2. The number of anilines is 3. The van der Waals surface area contributed by atoms with Crippen molar-refractivity contribution in [3.05, 3.63) is 58.7 Å². The van der Waals surface area contributed by atoms with Crippen LogP contribution in [0.15, 0.2) is 37.4 Å². The largest absolute Gasteiger partial charge is 0.495 e. The maximum atomic E-state index is 14.1. The minimum Gasteiger partial charge on any atom is -0.495 e. The molecule has 3 N–H and O–H groups in total. The second-order valence-corrected chi connectivity index (χ2v) is 10.4. The lowest BCUT2D eigenvalue weighted by Crippen LogP contribution is -2.49.